The molecule has 0 spiro atoms. The van der Waals surface area contributed by atoms with Crippen molar-refractivity contribution in [2.24, 2.45) is 33.8 Å². The van der Waals surface area contributed by atoms with Gasteiger partial charge in [-0.05, 0) is 36.8 Å². The van der Waals surface area contributed by atoms with Crippen LogP contribution in [0.1, 0.15) is 45.1 Å². The number of nitrogens with one attached hydrogen (secondary N) is 4. The highest BCUT2D eigenvalue weighted by Crippen LogP contribution is 2.19. The van der Waals surface area contributed by atoms with Crippen LogP contribution >= 0.6 is 0 Å². The Morgan fingerprint density at radius 2 is 1.52 bits per heavy atom. The summed E-state index contributed by atoms with van der Waals surface area (Å²) < 4.78 is 0. The quantitative estimate of drug-likeness (QED) is 0.0594. The third kappa shape index (κ3) is 10.4. The Morgan fingerprint density at radius 3 is 2.14 bits per heavy atom. The Hall–Kier alpha value is -4.66. The maximum absolute atomic E-state index is 13.5. The van der Waals surface area contributed by atoms with Crippen molar-refractivity contribution >= 4 is 46.5 Å². The molecule has 1 aromatic carbocycles. The second-order valence-corrected chi connectivity index (χ2v) is 10.3. The van der Waals surface area contributed by atoms with Crippen molar-refractivity contribution in [3.05, 3.63) is 36.0 Å². The molecule has 0 aliphatic rings. The van der Waals surface area contributed by atoms with Gasteiger partial charge in [-0.15, -0.1) is 0 Å². The van der Waals surface area contributed by atoms with Gasteiger partial charge in [-0.1, -0.05) is 32.0 Å². The lowest BCUT2D eigenvalue weighted by molar-refractivity contribution is -0.142. The van der Waals surface area contributed by atoms with Gasteiger partial charge in [0.15, 0.2) is 5.96 Å². The number of hydrogen-bond acceptors (Lipinski definition) is 7. The molecule has 42 heavy (non-hydrogen) atoms. The average Bonchev–Trinajstić information content (AvgIpc) is 3.33. The topological polar surface area (TPSA) is 274 Å². The number of primary amides is 1. The number of carboxylic acid groups (broad SMARTS) is 1. The molecule has 0 aliphatic heterocycles. The molecule has 13 N–H and O–H groups in total. The number of carbonyl (C=O) groups excluding carboxylic acids is 4. The van der Waals surface area contributed by atoms with Gasteiger partial charge in [0.25, 0.3) is 0 Å². The number of carboxylic acids is 1. The Morgan fingerprint density at radius 1 is 0.905 bits per heavy atom. The van der Waals surface area contributed by atoms with E-state index in [0.29, 0.717) is 12.0 Å². The monoisotopic (exact) mass is 587 g/mol. The highest BCUT2D eigenvalue weighted by Gasteiger charge is 2.31. The first kappa shape index (κ1) is 33.5. The summed E-state index contributed by atoms with van der Waals surface area (Å²) in [4.78, 5) is 69.7. The number of aromatic nitrogens is 1. The van der Waals surface area contributed by atoms with E-state index in [1.165, 1.54) is 0 Å². The highest BCUT2D eigenvalue weighted by atomic mass is 16.4. The molecule has 0 aliphatic carbocycles. The van der Waals surface area contributed by atoms with Gasteiger partial charge in [0.05, 0.1) is 6.04 Å². The largest absolute Gasteiger partial charge is 0.480 e. The van der Waals surface area contributed by atoms with Gasteiger partial charge >= 0.3 is 5.97 Å². The zero-order valence-corrected chi connectivity index (χ0v) is 23.8. The second kappa shape index (κ2) is 16.0. The van der Waals surface area contributed by atoms with E-state index in [1.54, 1.807) is 20.0 Å². The van der Waals surface area contributed by atoms with E-state index < -0.39 is 53.8 Å². The van der Waals surface area contributed by atoms with Gasteiger partial charge in [0.2, 0.25) is 23.6 Å². The van der Waals surface area contributed by atoms with Crippen LogP contribution in [0.5, 0.6) is 0 Å². The minimum Gasteiger partial charge on any atom is -0.480 e. The van der Waals surface area contributed by atoms with E-state index in [-0.39, 0.29) is 44.1 Å². The number of para-hydroxylation sites is 1. The molecule has 4 amide bonds. The summed E-state index contributed by atoms with van der Waals surface area (Å²) in [5, 5.41) is 18.1. The van der Waals surface area contributed by atoms with Gasteiger partial charge < -0.3 is 49.0 Å². The van der Waals surface area contributed by atoms with E-state index in [1.807, 2.05) is 24.3 Å². The molecule has 1 aromatic heterocycles. The molecule has 4 atom stereocenters. The van der Waals surface area contributed by atoms with Gasteiger partial charge in [-0.3, -0.25) is 24.2 Å². The second-order valence-electron chi connectivity index (χ2n) is 10.3. The summed E-state index contributed by atoms with van der Waals surface area (Å²) in [5.41, 5.74) is 23.4. The van der Waals surface area contributed by atoms with Crippen LogP contribution in [0.2, 0.25) is 0 Å². The van der Waals surface area contributed by atoms with Crippen molar-refractivity contribution in [2.45, 2.75) is 70.1 Å². The van der Waals surface area contributed by atoms with E-state index in [0.717, 1.165) is 10.9 Å². The molecule has 2 aromatic rings. The van der Waals surface area contributed by atoms with Crippen LogP contribution in [-0.2, 0) is 30.4 Å². The normalized spacial score (nSPS) is 13.9. The molecule has 0 saturated heterocycles. The third-order valence-electron chi connectivity index (χ3n) is 6.63. The molecule has 230 valence electrons. The Balaban J connectivity index is 2.34. The summed E-state index contributed by atoms with van der Waals surface area (Å²) in [6.45, 7) is 3.71. The molecule has 0 radical (unpaired) electrons. The maximum atomic E-state index is 13.5. The van der Waals surface area contributed by atoms with Gasteiger partial charge in [0, 0.05) is 36.5 Å². The van der Waals surface area contributed by atoms with Crippen LogP contribution in [-0.4, -0.2) is 76.4 Å². The number of fused-ring (bicyclic) bond motifs is 1. The number of hydrogen-bond donors (Lipinski definition) is 9. The number of rotatable bonds is 17. The number of amides is 4. The number of guanidine groups is 1. The van der Waals surface area contributed by atoms with Gasteiger partial charge in [-0.25, -0.2) is 4.79 Å². The van der Waals surface area contributed by atoms with Crippen molar-refractivity contribution in [2.75, 3.05) is 6.54 Å². The van der Waals surface area contributed by atoms with E-state index in [2.05, 4.69) is 25.9 Å². The summed E-state index contributed by atoms with van der Waals surface area (Å²) >= 11 is 0. The maximum Gasteiger partial charge on any atom is 0.326 e. The fourth-order valence-corrected chi connectivity index (χ4v) is 4.16. The van der Waals surface area contributed by atoms with Crippen LogP contribution in [0.25, 0.3) is 10.9 Å². The number of carbonyl (C=O) groups is 5. The minimum atomic E-state index is -1.42. The third-order valence-corrected chi connectivity index (χ3v) is 6.63. The lowest BCUT2D eigenvalue weighted by Gasteiger charge is -2.26. The fourth-order valence-electron chi connectivity index (χ4n) is 4.16. The standard InChI is InChI=1S/C27H41N9O6/c1-14(2)22(29)25(40)34-18(8-5-11-32-27(30)31)23(38)36-20(12-15-13-33-17-7-4-3-6-16(15)17)24(39)35-19(26(41)42)9-10-21(28)37/h3-4,6-7,13-14,18-20,22,33H,5,8-12,29H2,1-2H3,(H2,28,37)(H,34,40)(H,35,39)(H,36,38)(H,41,42)(H4,30,31,32). The first-order chi connectivity index (χ1) is 19.8. The van der Waals surface area contributed by atoms with Crippen LogP contribution in [0.4, 0.5) is 0 Å². The van der Waals surface area contributed by atoms with Crippen molar-refractivity contribution < 1.29 is 29.1 Å². The van der Waals surface area contributed by atoms with E-state index >= 15 is 0 Å². The summed E-state index contributed by atoms with van der Waals surface area (Å²) in [7, 11) is 0. The molecular weight excluding hydrogens is 546 g/mol. The zero-order valence-electron chi connectivity index (χ0n) is 23.8. The summed E-state index contributed by atoms with van der Waals surface area (Å²) in [6.07, 6.45) is 1.62. The molecule has 4 unspecified atom stereocenters. The molecular formula is C27H41N9O6. The molecule has 0 bridgehead atoms. The van der Waals surface area contributed by atoms with Crippen molar-refractivity contribution in [3.63, 3.8) is 0 Å². The SMILES string of the molecule is CC(C)C(N)C(=O)NC(CCCN=C(N)N)C(=O)NC(Cc1c[nH]c2ccccc12)C(=O)NC(CCC(N)=O)C(=O)O. The number of H-pyrrole nitrogens is 1. The number of benzene rings is 1. The molecule has 1 heterocycles. The average molecular weight is 588 g/mol. The first-order valence-corrected chi connectivity index (χ1v) is 13.6. The Kier molecular flexibility index (Phi) is 12.7. The van der Waals surface area contributed by atoms with Crippen molar-refractivity contribution in [3.8, 4) is 0 Å². The van der Waals surface area contributed by atoms with E-state index in [9.17, 15) is 29.1 Å². The molecule has 0 saturated carbocycles. The minimum absolute atomic E-state index is 0.0100. The molecule has 0 fully saturated rings. The molecule has 15 heteroatoms. The number of nitrogens with two attached hydrogens (primary N) is 4. The summed E-state index contributed by atoms with van der Waals surface area (Å²) in [6, 6.07) is 2.68. The van der Waals surface area contributed by atoms with Crippen LogP contribution in [0, 0.1) is 5.92 Å². The number of aromatic amines is 1. The molecule has 15 nitrogen and oxygen atoms in total. The van der Waals surface area contributed by atoms with Crippen LogP contribution in [0.3, 0.4) is 0 Å². The van der Waals surface area contributed by atoms with Gasteiger partial charge in [0.1, 0.15) is 18.1 Å². The predicted octanol–water partition coefficient (Wildman–Crippen LogP) is -1.45. The predicted molar refractivity (Wildman–Crippen MR) is 157 cm³/mol. The van der Waals surface area contributed by atoms with Crippen molar-refractivity contribution in [1.29, 1.82) is 0 Å². The summed E-state index contributed by atoms with van der Waals surface area (Å²) in [5.74, 6) is -4.46. The lowest BCUT2D eigenvalue weighted by atomic mass is 10.0. The smallest absolute Gasteiger partial charge is 0.326 e. The first-order valence-electron chi connectivity index (χ1n) is 13.6. The van der Waals surface area contributed by atoms with Crippen molar-refractivity contribution in [1.82, 2.24) is 20.9 Å². The number of nitrogens with zero attached hydrogens (tertiary/aromatic N) is 1. The number of aliphatic carboxylic acids is 1. The van der Waals surface area contributed by atoms with Crippen LogP contribution in [0.15, 0.2) is 35.5 Å². The lowest BCUT2D eigenvalue weighted by Crippen LogP contribution is -2.58. The highest BCUT2D eigenvalue weighted by molar-refractivity contribution is 5.95. The number of aliphatic imine (C=N–C) groups is 1. The molecule has 2 rings (SSSR count). The van der Waals surface area contributed by atoms with Gasteiger partial charge in [-0.2, -0.15) is 0 Å². The fraction of sp³-hybridized carbons (Fsp3) is 0.481. The van der Waals surface area contributed by atoms with Crippen LogP contribution < -0.4 is 38.9 Å². The van der Waals surface area contributed by atoms with E-state index in [4.69, 9.17) is 22.9 Å². The Labute approximate surface area is 243 Å². The Bertz CT molecular complexity index is 1290. The zero-order chi connectivity index (χ0) is 31.4.